The van der Waals surface area contributed by atoms with E-state index in [-0.39, 0.29) is 17.9 Å². The van der Waals surface area contributed by atoms with Gasteiger partial charge >= 0.3 is 0 Å². The molecule has 0 radical (unpaired) electrons. The molecule has 166 valence electrons. The molecular formula is C27H30N2O3. The minimum Gasteiger partial charge on any atom is -0.493 e. The second kappa shape index (κ2) is 12.3. The molecule has 0 aliphatic rings. The predicted octanol–water partition coefficient (Wildman–Crippen LogP) is 4.70. The largest absolute Gasteiger partial charge is 0.493 e. The number of hydrogen-bond donors (Lipinski definition) is 2. The van der Waals surface area contributed by atoms with Gasteiger partial charge in [-0.2, -0.15) is 0 Å². The Bertz CT molecular complexity index is 990. The van der Waals surface area contributed by atoms with Crippen LogP contribution in [0.5, 0.6) is 5.75 Å². The summed E-state index contributed by atoms with van der Waals surface area (Å²) < 4.78 is 5.51. The van der Waals surface area contributed by atoms with Crippen molar-refractivity contribution in [3.63, 3.8) is 0 Å². The lowest BCUT2D eigenvalue weighted by Gasteiger charge is -2.20. The Morgan fingerprint density at radius 2 is 1.53 bits per heavy atom. The molecule has 0 heterocycles. The van der Waals surface area contributed by atoms with Crippen LogP contribution in [0.25, 0.3) is 0 Å². The zero-order chi connectivity index (χ0) is 22.6. The van der Waals surface area contributed by atoms with Gasteiger partial charge in [-0.3, -0.25) is 9.59 Å². The number of amides is 2. The summed E-state index contributed by atoms with van der Waals surface area (Å²) in [6.45, 7) is 2.80. The lowest BCUT2D eigenvalue weighted by molar-refractivity contribution is -0.121. The molecule has 3 aromatic carbocycles. The smallest absolute Gasteiger partial charge is 0.255 e. The molecule has 32 heavy (non-hydrogen) atoms. The average Bonchev–Trinajstić information content (AvgIpc) is 2.83. The maximum absolute atomic E-state index is 12.6. The summed E-state index contributed by atoms with van der Waals surface area (Å²) in [5, 5.41) is 6.03. The van der Waals surface area contributed by atoms with Crippen LogP contribution < -0.4 is 15.4 Å². The van der Waals surface area contributed by atoms with E-state index in [1.165, 1.54) is 5.56 Å². The van der Waals surface area contributed by atoms with Crippen molar-refractivity contribution in [2.24, 2.45) is 0 Å². The minimum absolute atomic E-state index is 0.0289. The van der Waals surface area contributed by atoms with E-state index in [1.807, 2.05) is 61.5 Å². The molecule has 0 saturated heterocycles. The van der Waals surface area contributed by atoms with Crippen molar-refractivity contribution in [1.29, 1.82) is 0 Å². The van der Waals surface area contributed by atoms with Crippen LogP contribution in [0.1, 0.15) is 47.3 Å². The number of benzene rings is 3. The summed E-state index contributed by atoms with van der Waals surface area (Å²) in [6.07, 6.45) is 1.62. The Morgan fingerprint density at radius 1 is 0.875 bits per heavy atom. The van der Waals surface area contributed by atoms with Crippen molar-refractivity contribution in [3.05, 3.63) is 102 Å². The average molecular weight is 431 g/mol. The molecule has 0 spiro atoms. The van der Waals surface area contributed by atoms with Gasteiger partial charge in [-0.05, 0) is 43.0 Å². The second-order valence-electron chi connectivity index (χ2n) is 7.51. The van der Waals surface area contributed by atoms with E-state index in [0.717, 1.165) is 12.0 Å². The van der Waals surface area contributed by atoms with Crippen LogP contribution >= 0.6 is 0 Å². The van der Waals surface area contributed by atoms with Crippen LogP contribution in [0, 0.1) is 0 Å². The fourth-order valence-corrected chi connectivity index (χ4v) is 3.54. The molecule has 2 N–H and O–H groups in total. The van der Waals surface area contributed by atoms with E-state index in [0.29, 0.717) is 37.3 Å². The van der Waals surface area contributed by atoms with Crippen molar-refractivity contribution >= 4 is 11.8 Å². The summed E-state index contributed by atoms with van der Waals surface area (Å²) in [7, 11) is 0. The quantitative estimate of drug-likeness (QED) is 0.434. The maximum Gasteiger partial charge on any atom is 0.255 e. The van der Waals surface area contributed by atoms with Gasteiger partial charge in [-0.25, -0.2) is 0 Å². The number of rotatable bonds is 11. The fraction of sp³-hybridized carbons (Fsp3) is 0.259. The Kier molecular flexibility index (Phi) is 8.87. The Balaban J connectivity index is 1.50. The van der Waals surface area contributed by atoms with Gasteiger partial charge in [0, 0.05) is 13.0 Å². The van der Waals surface area contributed by atoms with Gasteiger partial charge < -0.3 is 15.4 Å². The normalized spacial score (nSPS) is 11.4. The molecule has 2 amide bonds. The van der Waals surface area contributed by atoms with Crippen molar-refractivity contribution in [3.8, 4) is 5.75 Å². The fourth-order valence-electron chi connectivity index (χ4n) is 3.54. The van der Waals surface area contributed by atoms with Gasteiger partial charge in [0.15, 0.2) is 0 Å². The number of ether oxygens (including phenoxy) is 1. The van der Waals surface area contributed by atoms with Gasteiger partial charge in [0.25, 0.3) is 5.91 Å². The van der Waals surface area contributed by atoms with Crippen LogP contribution in [0.2, 0.25) is 0 Å². The first kappa shape index (κ1) is 23.1. The number of carbonyl (C=O) groups excluding carboxylic acids is 2. The highest BCUT2D eigenvalue weighted by Gasteiger charge is 2.16. The molecule has 5 heteroatoms. The maximum atomic E-state index is 12.6. The third kappa shape index (κ3) is 6.98. The highest BCUT2D eigenvalue weighted by molar-refractivity contribution is 5.96. The molecule has 0 aromatic heterocycles. The molecular weight excluding hydrogens is 400 g/mol. The van der Waals surface area contributed by atoms with Crippen LogP contribution in [-0.4, -0.2) is 25.0 Å². The van der Waals surface area contributed by atoms with E-state index in [1.54, 1.807) is 18.2 Å². The molecule has 0 bridgehead atoms. The molecule has 5 nitrogen and oxygen atoms in total. The van der Waals surface area contributed by atoms with Crippen molar-refractivity contribution < 1.29 is 14.3 Å². The van der Waals surface area contributed by atoms with Crippen molar-refractivity contribution in [1.82, 2.24) is 10.6 Å². The highest BCUT2D eigenvalue weighted by Crippen LogP contribution is 2.19. The number of nitrogens with one attached hydrogen (secondary N) is 2. The van der Waals surface area contributed by atoms with E-state index in [4.69, 9.17) is 4.74 Å². The molecule has 3 rings (SSSR count). The SMILES string of the molecule is CCOc1ccccc1C(=O)NCCCC(=O)NC(Cc1ccccc1)c1ccccc1. The van der Waals surface area contributed by atoms with Gasteiger partial charge in [0.1, 0.15) is 5.75 Å². The van der Waals surface area contributed by atoms with Gasteiger partial charge in [0.2, 0.25) is 5.91 Å². The third-order valence-corrected chi connectivity index (χ3v) is 5.12. The number of para-hydroxylation sites is 1. The van der Waals surface area contributed by atoms with Crippen LogP contribution in [0.3, 0.4) is 0 Å². The Morgan fingerprint density at radius 3 is 2.25 bits per heavy atom. The molecule has 3 aromatic rings. The summed E-state index contributed by atoms with van der Waals surface area (Å²) in [5.74, 6) is 0.344. The standard InChI is InChI=1S/C27H30N2O3/c1-2-32-25-17-10-9-16-23(25)27(31)28-19-11-18-26(30)29-24(22-14-7-4-8-15-22)20-21-12-5-3-6-13-21/h3-10,12-17,24H,2,11,18-20H2,1H3,(H,28,31)(H,29,30). The van der Waals surface area contributed by atoms with Crippen LogP contribution in [0.15, 0.2) is 84.9 Å². The van der Waals surface area contributed by atoms with Crippen LogP contribution in [0.4, 0.5) is 0 Å². The predicted molar refractivity (Wildman–Crippen MR) is 127 cm³/mol. The molecule has 0 aliphatic heterocycles. The summed E-state index contributed by atoms with van der Waals surface area (Å²) in [6, 6.07) is 27.2. The van der Waals surface area contributed by atoms with Gasteiger partial charge in [-0.1, -0.05) is 72.8 Å². The topological polar surface area (TPSA) is 67.4 Å². The second-order valence-corrected chi connectivity index (χ2v) is 7.51. The first-order chi connectivity index (χ1) is 15.7. The van der Waals surface area contributed by atoms with Gasteiger partial charge in [-0.15, -0.1) is 0 Å². The van der Waals surface area contributed by atoms with Gasteiger partial charge in [0.05, 0.1) is 18.2 Å². The summed E-state index contributed by atoms with van der Waals surface area (Å²) in [4.78, 5) is 25.1. The molecule has 1 unspecified atom stereocenters. The Labute approximate surface area is 189 Å². The third-order valence-electron chi connectivity index (χ3n) is 5.12. The van der Waals surface area contributed by atoms with Crippen LogP contribution in [-0.2, 0) is 11.2 Å². The lowest BCUT2D eigenvalue weighted by Crippen LogP contribution is -2.31. The Hall–Kier alpha value is -3.60. The zero-order valence-electron chi connectivity index (χ0n) is 18.4. The van der Waals surface area contributed by atoms with E-state index in [9.17, 15) is 9.59 Å². The summed E-state index contributed by atoms with van der Waals surface area (Å²) >= 11 is 0. The molecule has 0 aliphatic carbocycles. The molecule has 1 atom stereocenters. The van der Waals surface area contributed by atoms with Crippen molar-refractivity contribution in [2.45, 2.75) is 32.2 Å². The van der Waals surface area contributed by atoms with E-state index < -0.39 is 0 Å². The first-order valence-corrected chi connectivity index (χ1v) is 11.1. The molecule has 0 saturated carbocycles. The highest BCUT2D eigenvalue weighted by atomic mass is 16.5. The molecule has 0 fully saturated rings. The first-order valence-electron chi connectivity index (χ1n) is 11.1. The monoisotopic (exact) mass is 430 g/mol. The van der Waals surface area contributed by atoms with E-state index in [2.05, 4.69) is 22.8 Å². The van der Waals surface area contributed by atoms with Crippen molar-refractivity contribution in [2.75, 3.05) is 13.2 Å². The van der Waals surface area contributed by atoms with E-state index >= 15 is 0 Å². The summed E-state index contributed by atoms with van der Waals surface area (Å²) in [5.41, 5.74) is 2.75. The number of hydrogen-bond acceptors (Lipinski definition) is 3. The minimum atomic E-state index is -0.194. The number of carbonyl (C=O) groups is 2. The zero-order valence-corrected chi connectivity index (χ0v) is 18.4. The lowest BCUT2D eigenvalue weighted by atomic mass is 9.98.